The molecule has 0 aromatic heterocycles. The van der Waals surface area contributed by atoms with E-state index in [2.05, 4.69) is 38.8 Å². The molecule has 6 heteroatoms. The maximum atomic E-state index is 12.6. The summed E-state index contributed by atoms with van der Waals surface area (Å²) in [6, 6.07) is 9.61. The molecular weight excluding hydrogens is 378 g/mol. The van der Waals surface area contributed by atoms with Crippen LogP contribution in [0.15, 0.2) is 30.3 Å². The van der Waals surface area contributed by atoms with Crippen molar-refractivity contribution in [3.63, 3.8) is 0 Å². The first-order valence-corrected chi connectivity index (χ1v) is 13.3. The molecule has 2 atom stereocenters. The quantitative estimate of drug-likeness (QED) is 0.349. The van der Waals surface area contributed by atoms with Crippen LogP contribution >= 0.6 is 11.6 Å². The molecule has 0 spiro atoms. The van der Waals surface area contributed by atoms with Gasteiger partial charge in [0, 0.05) is 12.4 Å². The van der Waals surface area contributed by atoms with Crippen LogP contribution in [0.2, 0.25) is 18.1 Å². The Labute approximate surface area is 170 Å². The second-order valence-corrected chi connectivity index (χ2v) is 14.0. The fraction of sp³-hybridized carbons (Fsp3) is 0.667. The average Bonchev–Trinajstić information content (AvgIpc) is 3.07. The van der Waals surface area contributed by atoms with Crippen LogP contribution < -0.4 is 0 Å². The summed E-state index contributed by atoms with van der Waals surface area (Å²) in [6.45, 7) is 13.0. The predicted molar refractivity (Wildman–Crippen MR) is 114 cm³/mol. The third-order valence-electron chi connectivity index (χ3n) is 5.74. The number of ether oxygens (including phenoxy) is 1. The third-order valence-corrected chi connectivity index (χ3v) is 10.6. The van der Waals surface area contributed by atoms with Gasteiger partial charge in [-0.1, -0.05) is 51.1 Å². The van der Waals surface area contributed by atoms with E-state index in [9.17, 15) is 4.79 Å². The number of hydrogen-bond acceptors (Lipinski definition) is 4. The summed E-state index contributed by atoms with van der Waals surface area (Å²) in [4.78, 5) is 14.8. The highest BCUT2D eigenvalue weighted by molar-refractivity contribution is 6.74. The standard InChI is InChI=1S/C21H34ClNO3Si/c1-21(2,3)27(4,5)26-18(14-22)15-23-13-9-12-19(23)20(24)25-16-17-10-7-6-8-11-17/h6-8,10-11,18-19H,9,12-16H2,1-5H3/t18-,19+/m1/s1. The number of halogens is 1. The highest BCUT2D eigenvalue weighted by Crippen LogP contribution is 2.37. The van der Waals surface area contributed by atoms with Gasteiger partial charge < -0.3 is 9.16 Å². The summed E-state index contributed by atoms with van der Waals surface area (Å²) < 4.78 is 12.1. The van der Waals surface area contributed by atoms with Gasteiger partial charge in [0.25, 0.3) is 0 Å². The average molecular weight is 412 g/mol. The maximum Gasteiger partial charge on any atom is 0.323 e. The van der Waals surface area contributed by atoms with Gasteiger partial charge in [-0.25, -0.2) is 0 Å². The SMILES string of the molecule is CC(C)(C)[Si](C)(C)O[C@H](CCl)CN1CCC[C@H]1C(=O)OCc1ccccc1. The molecule has 0 saturated carbocycles. The van der Waals surface area contributed by atoms with E-state index < -0.39 is 8.32 Å². The molecule has 2 rings (SSSR count). The van der Waals surface area contributed by atoms with Gasteiger partial charge in [0.1, 0.15) is 12.6 Å². The predicted octanol–water partition coefficient (Wildman–Crippen LogP) is 4.82. The molecule has 1 aliphatic heterocycles. The molecule has 0 unspecified atom stereocenters. The van der Waals surface area contributed by atoms with E-state index in [4.69, 9.17) is 20.8 Å². The molecular formula is C21H34ClNO3Si. The number of alkyl halides is 1. The Balaban J connectivity index is 1.93. The van der Waals surface area contributed by atoms with Crippen LogP contribution in [0.5, 0.6) is 0 Å². The van der Waals surface area contributed by atoms with Crippen LogP contribution in [0.25, 0.3) is 0 Å². The van der Waals surface area contributed by atoms with Gasteiger partial charge in [0.15, 0.2) is 8.32 Å². The largest absolute Gasteiger partial charge is 0.460 e. The van der Waals surface area contributed by atoms with Crippen molar-refractivity contribution in [1.29, 1.82) is 0 Å². The van der Waals surface area contributed by atoms with Gasteiger partial charge >= 0.3 is 5.97 Å². The van der Waals surface area contributed by atoms with Gasteiger partial charge in [-0.3, -0.25) is 9.69 Å². The van der Waals surface area contributed by atoms with Crippen molar-refractivity contribution in [1.82, 2.24) is 4.90 Å². The Hall–Kier alpha value is -0.883. The second-order valence-electron chi connectivity index (χ2n) is 8.90. The lowest BCUT2D eigenvalue weighted by molar-refractivity contribution is -0.150. The molecule has 27 heavy (non-hydrogen) atoms. The molecule has 0 bridgehead atoms. The Kier molecular flexibility index (Phi) is 7.92. The summed E-state index contributed by atoms with van der Waals surface area (Å²) in [5, 5.41) is 0.135. The fourth-order valence-corrected chi connectivity index (χ4v) is 4.72. The highest BCUT2D eigenvalue weighted by atomic mass is 35.5. The minimum atomic E-state index is -1.90. The number of nitrogens with zero attached hydrogens (tertiary/aromatic N) is 1. The Morgan fingerprint density at radius 2 is 1.96 bits per heavy atom. The van der Waals surface area contributed by atoms with Crippen molar-refractivity contribution in [3.8, 4) is 0 Å². The number of esters is 1. The third kappa shape index (κ3) is 6.31. The molecule has 0 amide bonds. The normalized spacial score (nSPS) is 19.9. The summed E-state index contributed by atoms with van der Waals surface area (Å²) >= 11 is 6.22. The van der Waals surface area contributed by atoms with Crippen LogP contribution in [0.3, 0.4) is 0 Å². The Bertz CT molecular complexity index is 603. The number of likely N-dealkylation sites (tertiary alicyclic amines) is 1. The van der Waals surface area contributed by atoms with Crippen LogP contribution in [0, 0.1) is 0 Å². The molecule has 1 saturated heterocycles. The number of hydrogen-bond donors (Lipinski definition) is 0. The van der Waals surface area contributed by atoms with Crippen molar-refractivity contribution in [2.24, 2.45) is 0 Å². The van der Waals surface area contributed by atoms with Gasteiger partial charge in [-0.15, -0.1) is 11.6 Å². The van der Waals surface area contributed by atoms with E-state index in [0.717, 1.165) is 24.9 Å². The number of rotatable bonds is 8. The zero-order valence-corrected chi connectivity index (χ0v) is 19.1. The molecule has 4 nitrogen and oxygen atoms in total. The van der Waals surface area contributed by atoms with E-state index in [-0.39, 0.29) is 23.2 Å². The minimum absolute atomic E-state index is 0.0601. The first-order chi connectivity index (χ1) is 12.6. The number of benzene rings is 1. The van der Waals surface area contributed by atoms with Crippen LogP contribution in [0.4, 0.5) is 0 Å². The summed E-state index contributed by atoms with van der Waals surface area (Å²) in [5.74, 6) is 0.298. The highest BCUT2D eigenvalue weighted by Gasteiger charge is 2.40. The van der Waals surface area contributed by atoms with E-state index in [0.29, 0.717) is 19.0 Å². The first kappa shape index (κ1) is 22.4. The number of carbonyl (C=O) groups excluding carboxylic acids is 1. The second kappa shape index (κ2) is 9.55. The van der Waals surface area contributed by atoms with Crippen molar-refractivity contribution in [2.75, 3.05) is 19.0 Å². The molecule has 0 aliphatic carbocycles. The van der Waals surface area contributed by atoms with Crippen molar-refractivity contribution in [3.05, 3.63) is 35.9 Å². The molecule has 1 aromatic rings. The van der Waals surface area contributed by atoms with Crippen LogP contribution in [-0.2, 0) is 20.6 Å². The summed E-state index contributed by atoms with van der Waals surface area (Å²) in [7, 11) is -1.90. The van der Waals surface area contributed by atoms with Gasteiger partial charge in [0.05, 0.1) is 6.10 Å². The fourth-order valence-electron chi connectivity index (χ4n) is 3.11. The summed E-state index contributed by atoms with van der Waals surface area (Å²) in [5.41, 5.74) is 1.01. The van der Waals surface area contributed by atoms with E-state index in [1.807, 2.05) is 30.3 Å². The molecule has 1 aromatic carbocycles. The van der Waals surface area contributed by atoms with Gasteiger partial charge in [-0.2, -0.15) is 0 Å². The van der Waals surface area contributed by atoms with Crippen molar-refractivity contribution < 1.29 is 14.0 Å². The molecule has 0 N–H and O–H groups in total. The lowest BCUT2D eigenvalue weighted by atomic mass is 10.2. The Morgan fingerprint density at radius 1 is 1.30 bits per heavy atom. The lowest BCUT2D eigenvalue weighted by Crippen LogP contribution is -2.49. The first-order valence-electron chi connectivity index (χ1n) is 9.82. The van der Waals surface area contributed by atoms with E-state index in [1.54, 1.807) is 0 Å². The van der Waals surface area contributed by atoms with Crippen LogP contribution in [-0.4, -0.2) is 50.3 Å². The number of carbonyl (C=O) groups is 1. The minimum Gasteiger partial charge on any atom is -0.460 e. The zero-order valence-electron chi connectivity index (χ0n) is 17.3. The van der Waals surface area contributed by atoms with Gasteiger partial charge in [0.2, 0.25) is 0 Å². The maximum absolute atomic E-state index is 12.6. The topological polar surface area (TPSA) is 38.8 Å². The molecule has 152 valence electrons. The molecule has 1 aliphatic rings. The monoisotopic (exact) mass is 411 g/mol. The smallest absolute Gasteiger partial charge is 0.323 e. The van der Waals surface area contributed by atoms with Gasteiger partial charge in [-0.05, 0) is 43.1 Å². The zero-order chi connectivity index (χ0) is 20.1. The lowest BCUT2D eigenvalue weighted by Gasteiger charge is -2.40. The van der Waals surface area contributed by atoms with Crippen LogP contribution in [0.1, 0.15) is 39.2 Å². The van der Waals surface area contributed by atoms with E-state index >= 15 is 0 Å². The van der Waals surface area contributed by atoms with Crippen molar-refractivity contribution in [2.45, 2.75) is 70.5 Å². The van der Waals surface area contributed by atoms with Crippen molar-refractivity contribution >= 4 is 25.9 Å². The molecule has 1 fully saturated rings. The summed E-state index contributed by atoms with van der Waals surface area (Å²) in [6.07, 6.45) is 1.78. The molecule has 0 radical (unpaired) electrons. The van der Waals surface area contributed by atoms with E-state index in [1.165, 1.54) is 0 Å². The Morgan fingerprint density at radius 3 is 2.56 bits per heavy atom. The molecule has 1 heterocycles.